The lowest BCUT2D eigenvalue weighted by atomic mass is 10.2. The van der Waals surface area contributed by atoms with Crippen molar-refractivity contribution in [2.24, 2.45) is 4.99 Å². The Morgan fingerprint density at radius 3 is 2.90 bits per heavy atom. The summed E-state index contributed by atoms with van der Waals surface area (Å²) >= 11 is 1.75. The number of pyridine rings is 1. The average Bonchev–Trinajstić information content (AvgIpc) is 2.54. The lowest BCUT2D eigenvalue weighted by Gasteiger charge is -2.24. The molecule has 2 aliphatic rings. The molecule has 1 aromatic heterocycles. The van der Waals surface area contributed by atoms with Crippen LogP contribution in [0.15, 0.2) is 82.1 Å². The summed E-state index contributed by atoms with van der Waals surface area (Å²) in [6.07, 6.45) is 9.95. The fraction of sp³-hybridized carbons (Fsp3) is 0.0588. The highest BCUT2D eigenvalue weighted by molar-refractivity contribution is 8.04. The number of allylic oxidation sites excluding steroid dienone is 2. The van der Waals surface area contributed by atoms with Gasteiger partial charge in [0, 0.05) is 30.0 Å². The van der Waals surface area contributed by atoms with Gasteiger partial charge in [0.05, 0.1) is 22.5 Å². The van der Waals surface area contributed by atoms with Crippen molar-refractivity contribution in [3.63, 3.8) is 0 Å². The normalized spacial score (nSPS) is 15.9. The van der Waals surface area contributed by atoms with Crippen LogP contribution in [0.4, 0.5) is 5.69 Å². The van der Waals surface area contributed by atoms with E-state index in [2.05, 4.69) is 57.6 Å². The molecule has 0 N–H and O–H groups in total. The van der Waals surface area contributed by atoms with Crippen molar-refractivity contribution < 1.29 is 0 Å². The zero-order chi connectivity index (χ0) is 14.1. The Hall–Kier alpha value is -2.33. The maximum absolute atomic E-state index is 4.66. The van der Waals surface area contributed by atoms with Crippen molar-refractivity contribution in [2.75, 3.05) is 0 Å². The summed E-state index contributed by atoms with van der Waals surface area (Å²) in [4.78, 5) is 13.3. The van der Waals surface area contributed by atoms with Crippen molar-refractivity contribution in [3.8, 4) is 0 Å². The topological polar surface area (TPSA) is 28.5 Å². The molecule has 2 aromatic rings. The van der Waals surface area contributed by atoms with Gasteiger partial charge in [0.2, 0.25) is 0 Å². The average molecular weight is 291 g/mol. The maximum atomic E-state index is 4.66. The molecule has 4 rings (SSSR count). The molecular formula is C17H13N3S. The molecule has 0 unspecified atom stereocenters. The Kier molecular flexibility index (Phi) is 3.09. The third kappa shape index (κ3) is 2.50. The van der Waals surface area contributed by atoms with Crippen LogP contribution in [-0.2, 0) is 6.54 Å². The van der Waals surface area contributed by atoms with Crippen molar-refractivity contribution in [1.82, 2.24) is 9.88 Å². The van der Waals surface area contributed by atoms with E-state index in [9.17, 15) is 0 Å². The first kappa shape index (κ1) is 12.4. The van der Waals surface area contributed by atoms with Crippen molar-refractivity contribution in [3.05, 3.63) is 77.7 Å². The second-order valence-corrected chi connectivity index (χ2v) is 5.99. The van der Waals surface area contributed by atoms with Gasteiger partial charge < -0.3 is 4.90 Å². The Labute approximate surface area is 127 Å². The van der Waals surface area contributed by atoms with Crippen LogP contribution in [0.2, 0.25) is 0 Å². The number of fused-ring (bicyclic) bond motifs is 2. The fourth-order valence-electron chi connectivity index (χ4n) is 2.36. The Morgan fingerprint density at radius 2 is 2.00 bits per heavy atom. The summed E-state index contributed by atoms with van der Waals surface area (Å²) in [6.45, 7) is 0.873. The van der Waals surface area contributed by atoms with Crippen LogP contribution in [0.1, 0.15) is 5.56 Å². The van der Waals surface area contributed by atoms with Crippen molar-refractivity contribution in [1.29, 1.82) is 0 Å². The van der Waals surface area contributed by atoms with Gasteiger partial charge in [0.25, 0.3) is 0 Å². The maximum Gasteiger partial charge on any atom is 0.0959 e. The minimum atomic E-state index is 0.873. The predicted molar refractivity (Wildman–Crippen MR) is 86.4 cm³/mol. The van der Waals surface area contributed by atoms with Gasteiger partial charge in [0.1, 0.15) is 0 Å². The van der Waals surface area contributed by atoms with Gasteiger partial charge in [-0.2, -0.15) is 0 Å². The third-order valence-corrected chi connectivity index (χ3v) is 4.49. The van der Waals surface area contributed by atoms with Crippen LogP contribution in [-0.4, -0.2) is 15.6 Å². The molecule has 4 heteroatoms. The van der Waals surface area contributed by atoms with Crippen LogP contribution in [0.25, 0.3) is 0 Å². The molecule has 0 spiro atoms. The van der Waals surface area contributed by atoms with Crippen molar-refractivity contribution in [2.45, 2.75) is 11.4 Å². The van der Waals surface area contributed by atoms with Gasteiger partial charge in [-0.3, -0.25) is 4.98 Å². The molecular weight excluding hydrogens is 278 g/mol. The molecule has 3 nitrogen and oxygen atoms in total. The number of rotatable bonds is 2. The molecule has 0 atom stereocenters. The molecule has 0 radical (unpaired) electrons. The number of nitrogens with zero attached hydrogens (tertiary/aromatic N) is 3. The Balaban J connectivity index is 1.61. The first-order valence-corrected chi connectivity index (χ1v) is 7.61. The predicted octanol–water partition coefficient (Wildman–Crippen LogP) is 4.13. The zero-order valence-electron chi connectivity index (χ0n) is 11.3. The van der Waals surface area contributed by atoms with Crippen LogP contribution < -0.4 is 0 Å². The molecule has 2 aliphatic heterocycles. The SMILES string of the molecule is C1=CN(Cc2ccccc2)C=C2Sc3ccncc3N=C12. The Morgan fingerprint density at radius 1 is 1.10 bits per heavy atom. The van der Waals surface area contributed by atoms with E-state index in [1.165, 1.54) is 10.5 Å². The lowest BCUT2D eigenvalue weighted by molar-refractivity contribution is 0.499. The van der Waals surface area contributed by atoms with Crippen LogP contribution >= 0.6 is 11.8 Å². The summed E-state index contributed by atoms with van der Waals surface area (Å²) in [5.74, 6) is 0. The van der Waals surface area contributed by atoms with Gasteiger partial charge in [0.15, 0.2) is 0 Å². The Bertz CT molecular complexity index is 763. The standard InChI is InChI=1S/C17H13N3S/c1-2-4-13(5-3-1)11-20-9-7-14-17(12-20)21-16-6-8-18-10-15(16)19-14/h1-10,12H,11H2. The van der Waals surface area contributed by atoms with E-state index in [4.69, 9.17) is 0 Å². The van der Waals surface area contributed by atoms with Crippen LogP contribution in [0, 0.1) is 0 Å². The number of aliphatic imine (C=N–C) groups is 1. The van der Waals surface area contributed by atoms with Gasteiger partial charge >= 0.3 is 0 Å². The third-order valence-electron chi connectivity index (χ3n) is 3.39. The highest BCUT2D eigenvalue weighted by atomic mass is 32.2. The number of thioether (sulfide) groups is 1. The van der Waals surface area contributed by atoms with E-state index in [1.807, 2.05) is 24.5 Å². The van der Waals surface area contributed by atoms with Crippen LogP contribution in [0.3, 0.4) is 0 Å². The number of benzene rings is 1. The molecule has 1 aromatic carbocycles. The molecule has 0 fully saturated rings. The molecule has 3 heterocycles. The molecule has 0 amide bonds. The first-order chi connectivity index (χ1) is 10.4. The molecule has 0 saturated heterocycles. The highest BCUT2D eigenvalue weighted by Gasteiger charge is 2.19. The van der Waals surface area contributed by atoms with Gasteiger partial charge in [-0.05, 0) is 17.7 Å². The van der Waals surface area contributed by atoms with E-state index in [1.54, 1.807) is 11.8 Å². The summed E-state index contributed by atoms with van der Waals surface area (Å²) in [7, 11) is 0. The van der Waals surface area contributed by atoms with E-state index in [0.717, 1.165) is 22.8 Å². The monoisotopic (exact) mass is 291 g/mol. The van der Waals surface area contributed by atoms with Gasteiger partial charge in [-0.15, -0.1) is 0 Å². The second-order valence-electron chi connectivity index (χ2n) is 4.91. The zero-order valence-corrected chi connectivity index (χ0v) is 12.1. The van der Waals surface area contributed by atoms with Gasteiger partial charge in [-0.1, -0.05) is 42.1 Å². The first-order valence-electron chi connectivity index (χ1n) is 6.79. The summed E-state index contributed by atoms with van der Waals surface area (Å²) < 4.78 is 0. The summed E-state index contributed by atoms with van der Waals surface area (Å²) in [6, 6.07) is 12.5. The van der Waals surface area contributed by atoms with E-state index in [-0.39, 0.29) is 0 Å². The largest absolute Gasteiger partial charge is 0.349 e. The highest BCUT2D eigenvalue weighted by Crippen LogP contribution is 2.40. The van der Waals surface area contributed by atoms with E-state index in [0.29, 0.717) is 0 Å². The molecule has 102 valence electrons. The second kappa shape index (κ2) is 5.22. The molecule has 0 saturated carbocycles. The lowest BCUT2D eigenvalue weighted by Crippen LogP contribution is -2.17. The summed E-state index contributed by atoms with van der Waals surface area (Å²) in [5, 5.41) is 0. The minimum absolute atomic E-state index is 0.873. The minimum Gasteiger partial charge on any atom is -0.349 e. The molecule has 0 bridgehead atoms. The smallest absolute Gasteiger partial charge is 0.0959 e. The van der Waals surface area contributed by atoms with Crippen molar-refractivity contribution >= 4 is 23.2 Å². The number of hydrogen-bond acceptors (Lipinski definition) is 4. The molecule has 21 heavy (non-hydrogen) atoms. The number of aromatic nitrogens is 1. The van der Waals surface area contributed by atoms with Gasteiger partial charge in [-0.25, -0.2) is 4.99 Å². The fourth-order valence-corrected chi connectivity index (χ4v) is 3.34. The van der Waals surface area contributed by atoms with E-state index < -0.39 is 0 Å². The summed E-state index contributed by atoms with van der Waals surface area (Å²) in [5.41, 5.74) is 3.27. The quantitative estimate of drug-likeness (QED) is 0.833. The number of hydrogen-bond donors (Lipinski definition) is 0. The molecule has 0 aliphatic carbocycles. The van der Waals surface area contributed by atoms with E-state index >= 15 is 0 Å². The van der Waals surface area contributed by atoms with Crippen LogP contribution in [0.5, 0.6) is 0 Å².